The minimum Gasteiger partial charge on any atom is -0.261 e. The van der Waals surface area contributed by atoms with Crippen LogP contribution in [0.3, 0.4) is 0 Å². The van der Waals surface area contributed by atoms with Gasteiger partial charge in [-0.2, -0.15) is 0 Å². The van der Waals surface area contributed by atoms with Gasteiger partial charge < -0.3 is 0 Å². The summed E-state index contributed by atoms with van der Waals surface area (Å²) in [5, 5.41) is 0. The van der Waals surface area contributed by atoms with E-state index < -0.39 is 0 Å². The Balaban J connectivity index is -0.0000000300. The first-order valence-electron chi connectivity index (χ1n) is 2.50. The predicted octanol–water partition coefficient (Wildman–Crippen LogP) is -0.476. The van der Waals surface area contributed by atoms with Gasteiger partial charge in [0.15, 0.2) is 0 Å². The lowest BCUT2D eigenvalue weighted by Gasteiger charge is -1.81. The second-order valence-electron chi connectivity index (χ2n) is 1.00. The topological polar surface area (TPSA) is 48.1 Å². The summed E-state index contributed by atoms with van der Waals surface area (Å²) in [5.41, 5.74) is 10.7. The average molecular weight is 193 g/mol. The van der Waals surface area contributed by atoms with Crippen molar-refractivity contribution in [1.29, 1.82) is 0 Å². The Labute approximate surface area is 75.3 Å². The first kappa shape index (κ1) is 22.4. The molecular formula is C4H18Cl2N4. The Kier molecular flexibility index (Phi) is 76.7. The van der Waals surface area contributed by atoms with Gasteiger partial charge in [-0.25, -0.2) is 0 Å². The highest BCUT2D eigenvalue weighted by atomic mass is 35.5. The lowest BCUT2D eigenvalue weighted by molar-refractivity contribution is 0.689. The van der Waals surface area contributed by atoms with E-state index in [1.807, 2.05) is 28.2 Å². The van der Waals surface area contributed by atoms with Crippen LogP contribution in [-0.2, 0) is 0 Å². The molecule has 4 nitrogen and oxygen atoms in total. The van der Waals surface area contributed by atoms with Gasteiger partial charge in [0.05, 0.1) is 0 Å². The molecule has 0 heterocycles. The second kappa shape index (κ2) is 34.2. The van der Waals surface area contributed by atoms with Gasteiger partial charge in [-0.1, -0.05) is 0 Å². The highest BCUT2D eigenvalue weighted by Crippen LogP contribution is 1.08. The summed E-state index contributed by atoms with van der Waals surface area (Å²) in [6.45, 7) is 0. The third-order valence-electron chi connectivity index (χ3n) is 0.500. The molecule has 0 radical (unpaired) electrons. The number of hydrogen-bond acceptors (Lipinski definition) is 4. The molecule has 0 bridgehead atoms. The van der Waals surface area contributed by atoms with Crippen molar-refractivity contribution in [3.05, 3.63) is 0 Å². The Morgan fingerprint density at radius 1 is 0.500 bits per heavy atom. The Bertz CT molecular complexity index is 23.2. The summed E-state index contributed by atoms with van der Waals surface area (Å²) in [5.74, 6) is 0. The molecule has 0 fully saturated rings. The van der Waals surface area contributed by atoms with Crippen LogP contribution in [0, 0.1) is 0 Å². The standard InChI is InChI=1S/2C2H8N2.2ClH/c2*1-3-4-2;;/h2*3-4H,1-2H3;2*1H. The minimum absolute atomic E-state index is 0. The summed E-state index contributed by atoms with van der Waals surface area (Å²) < 4.78 is 0. The zero-order valence-corrected chi connectivity index (χ0v) is 8.45. The summed E-state index contributed by atoms with van der Waals surface area (Å²) >= 11 is 0. The van der Waals surface area contributed by atoms with Crippen LogP contribution in [0.5, 0.6) is 0 Å². The van der Waals surface area contributed by atoms with E-state index in [0.717, 1.165) is 0 Å². The summed E-state index contributed by atoms with van der Waals surface area (Å²) in [4.78, 5) is 0. The highest BCUT2D eigenvalue weighted by molar-refractivity contribution is 5.85. The first-order valence-corrected chi connectivity index (χ1v) is 2.50. The second-order valence-corrected chi connectivity index (χ2v) is 1.00. The van der Waals surface area contributed by atoms with Gasteiger partial charge in [0, 0.05) is 0 Å². The largest absolute Gasteiger partial charge is 0.261 e. The van der Waals surface area contributed by atoms with Crippen molar-refractivity contribution >= 4 is 24.8 Å². The molecule has 0 aromatic heterocycles. The average Bonchev–Trinajstić information content (AvgIpc) is 1.88. The number of hydrogen-bond donors (Lipinski definition) is 4. The van der Waals surface area contributed by atoms with E-state index in [4.69, 9.17) is 0 Å². The van der Waals surface area contributed by atoms with Gasteiger partial charge in [-0.05, 0) is 28.2 Å². The molecule has 0 aromatic rings. The van der Waals surface area contributed by atoms with Gasteiger partial charge in [0.25, 0.3) is 0 Å². The fourth-order valence-corrected chi connectivity index (χ4v) is 0. The van der Waals surface area contributed by atoms with Crippen LogP contribution >= 0.6 is 24.8 Å². The van der Waals surface area contributed by atoms with Crippen LogP contribution < -0.4 is 21.7 Å². The van der Waals surface area contributed by atoms with Crippen LogP contribution in [-0.4, -0.2) is 28.2 Å². The fraction of sp³-hybridized carbons (Fsp3) is 1.00. The van der Waals surface area contributed by atoms with E-state index in [-0.39, 0.29) is 24.8 Å². The molecule has 0 saturated carbocycles. The molecule has 0 rings (SSSR count). The van der Waals surface area contributed by atoms with Gasteiger partial charge in [0.1, 0.15) is 0 Å². The van der Waals surface area contributed by atoms with Crippen molar-refractivity contribution in [2.75, 3.05) is 28.2 Å². The smallest absolute Gasteiger partial charge is 0.00150 e. The van der Waals surface area contributed by atoms with E-state index in [1.54, 1.807) is 0 Å². The quantitative estimate of drug-likeness (QED) is 0.447. The van der Waals surface area contributed by atoms with Crippen LogP contribution in [0.15, 0.2) is 0 Å². The van der Waals surface area contributed by atoms with Crippen molar-refractivity contribution < 1.29 is 0 Å². The lowest BCUT2D eigenvalue weighted by atomic mass is 11.4. The molecule has 0 spiro atoms. The maximum Gasteiger partial charge on any atom is -0.00150 e. The van der Waals surface area contributed by atoms with E-state index in [2.05, 4.69) is 21.7 Å². The summed E-state index contributed by atoms with van der Waals surface area (Å²) in [6, 6.07) is 0. The molecule has 0 aliphatic heterocycles. The summed E-state index contributed by atoms with van der Waals surface area (Å²) in [7, 11) is 7.28. The van der Waals surface area contributed by atoms with Gasteiger partial charge in [-0.3, -0.25) is 21.7 Å². The number of hydrazine groups is 2. The maximum atomic E-state index is 2.68. The van der Waals surface area contributed by atoms with Crippen LogP contribution in [0.2, 0.25) is 0 Å². The maximum absolute atomic E-state index is 2.68. The lowest BCUT2D eigenvalue weighted by Crippen LogP contribution is -2.21. The van der Waals surface area contributed by atoms with Gasteiger partial charge in [0.2, 0.25) is 0 Å². The Morgan fingerprint density at radius 3 is 0.600 bits per heavy atom. The Hall–Kier alpha value is 0.420. The minimum atomic E-state index is 0. The van der Waals surface area contributed by atoms with E-state index in [1.165, 1.54) is 0 Å². The molecule has 0 amide bonds. The molecule has 0 aromatic carbocycles. The van der Waals surface area contributed by atoms with E-state index in [0.29, 0.717) is 0 Å². The molecule has 0 aliphatic carbocycles. The van der Waals surface area contributed by atoms with E-state index >= 15 is 0 Å². The highest BCUT2D eigenvalue weighted by Gasteiger charge is 1.44. The summed E-state index contributed by atoms with van der Waals surface area (Å²) in [6.07, 6.45) is 0. The molecule has 68 valence electrons. The predicted molar refractivity (Wildman–Crippen MR) is 50.7 cm³/mol. The van der Waals surface area contributed by atoms with Crippen LogP contribution in [0.25, 0.3) is 0 Å². The molecule has 4 N–H and O–H groups in total. The van der Waals surface area contributed by atoms with Crippen molar-refractivity contribution in [3.8, 4) is 0 Å². The van der Waals surface area contributed by atoms with Crippen molar-refractivity contribution in [2.24, 2.45) is 0 Å². The molecular weight excluding hydrogens is 175 g/mol. The normalized spacial score (nSPS) is 6.00. The fourth-order valence-electron chi connectivity index (χ4n) is 0. The number of nitrogens with one attached hydrogen (secondary N) is 4. The van der Waals surface area contributed by atoms with Crippen LogP contribution in [0.1, 0.15) is 0 Å². The van der Waals surface area contributed by atoms with Crippen molar-refractivity contribution in [3.63, 3.8) is 0 Å². The van der Waals surface area contributed by atoms with Gasteiger partial charge >= 0.3 is 0 Å². The third-order valence-corrected chi connectivity index (χ3v) is 0.500. The van der Waals surface area contributed by atoms with Crippen molar-refractivity contribution in [2.45, 2.75) is 0 Å². The van der Waals surface area contributed by atoms with Crippen molar-refractivity contribution in [1.82, 2.24) is 21.7 Å². The molecule has 6 heteroatoms. The Morgan fingerprint density at radius 2 is 0.600 bits per heavy atom. The molecule has 10 heavy (non-hydrogen) atoms. The molecule has 0 atom stereocenters. The van der Waals surface area contributed by atoms with E-state index in [9.17, 15) is 0 Å². The zero-order valence-electron chi connectivity index (χ0n) is 6.82. The monoisotopic (exact) mass is 192 g/mol. The zero-order chi connectivity index (χ0) is 6.83. The molecule has 0 saturated heterocycles. The number of halogens is 2. The first-order chi connectivity index (χ1) is 3.83. The molecule has 0 unspecified atom stereocenters. The number of rotatable bonds is 2. The van der Waals surface area contributed by atoms with Gasteiger partial charge in [-0.15, -0.1) is 24.8 Å². The third kappa shape index (κ3) is 79.2. The van der Waals surface area contributed by atoms with Crippen LogP contribution in [0.4, 0.5) is 0 Å². The molecule has 0 aliphatic rings. The SMILES string of the molecule is CNNC.CNNC.Cl.Cl.